The molecule has 0 N–H and O–H groups in total. The number of nitrogens with zero attached hydrogens (tertiary/aromatic N) is 3. The van der Waals surface area contributed by atoms with E-state index < -0.39 is 9.84 Å². The molecule has 2 aromatic rings. The molecule has 0 aliphatic carbocycles. The summed E-state index contributed by atoms with van der Waals surface area (Å²) in [4.78, 5) is 0.283. The lowest BCUT2D eigenvalue weighted by molar-refractivity contribution is 0.289. The smallest absolute Gasteiger partial charge is 0.175 e. The fraction of sp³-hybridized carbons (Fsp3) is 0.273. The summed E-state index contributed by atoms with van der Waals surface area (Å²) < 4.78 is 29.6. The first kappa shape index (κ1) is 12.6. The van der Waals surface area contributed by atoms with Gasteiger partial charge in [-0.2, -0.15) is 0 Å². The van der Waals surface area contributed by atoms with E-state index in [1.807, 2.05) is 0 Å². The molecule has 18 heavy (non-hydrogen) atoms. The van der Waals surface area contributed by atoms with E-state index in [2.05, 4.69) is 10.3 Å². The average molecular weight is 267 g/mol. The predicted molar refractivity (Wildman–Crippen MR) is 65.1 cm³/mol. The zero-order chi connectivity index (χ0) is 13.0. The van der Waals surface area contributed by atoms with Gasteiger partial charge in [0.15, 0.2) is 9.84 Å². The Hall–Kier alpha value is -1.89. The number of benzene rings is 1. The molecule has 1 aromatic carbocycles. The second-order valence-electron chi connectivity index (χ2n) is 3.76. The highest BCUT2D eigenvalue weighted by atomic mass is 32.2. The fourth-order valence-corrected chi connectivity index (χ4v) is 2.02. The number of ether oxygens (including phenoxy) is 1. The van der Waals surface area contributed by atoms with E-state index in [1.54, 1.807) is 29.2 Å². The van der Waals surface area contributed by atoms with Gasteiger partial charge in [0.2, 0.25) is 0 Å². The third kappa shape index (κ3) is 3.30. The Morgan fingerprint density at radius 2 is 2.00 bits per heavy atom. The highest BCUT2D eigenvalue weighted by molar-refractivity contribution is 7.90. The van der Waals surface area contributed by atoms with Crippen LogP contribution in [-0.2, 0) is 16.4 Å². The summed E-state index contributed by atoms with van der Waals surface area (Å²) in [6, 6.07) is 6.33. The van der Waals surface area contributed by atoms with Gasteiger partial charge in [0, 0.05) is 12.5 Å². The maximum Gasteiger partial charge on any atom is 0.175 e. The van der Waals surface area contributed by atoms with Crippen molar-refractivity contribution in [2.24, 2.45) is 0 Å². The quantitative estimate of drug-likeness (QED) is 0.799. The summed E-state index contributed by atoms with van der Waals surface area (Å²) in [6.07, 6.45) is 4.52. The van der Waals surface area contributed by atoms with E-state index in [0.717, 1.165) is 0 Å². The molecule has 7 heteroatoms. The molecule has 1 heterocycles. The first-order valence-electron chi connectivity index (χ1n) is 5.33. The van der Waals surface area contributed by atoms with Gasteiger partial charge in [-0.3, -0.25) is 0 Å². The molecule has 0 saturated heterocycles. The lowest BCUT2D eigenvalue weighted by Gasteiger charge is -2.06. The summed E-state index contributed by atoms with van der Waals surface area (Å²) in [6.45, 7) is 1.04. The molecule has 0 aliphatic heterocycles. The van der Waals surface area contributed by atoms with Crippen LogP contribution in [0.15, 0.2) is 41.6 Å². The van der Waals surface area contributed by atoms with Gasteiger partial charge < -0.3 is 4.74 Å². The topological polar surface area (TPSA) is 74.1 Å². The summed E-state index contributed by atoms with van der Waals surface area (Å²) in [5.41, 5.74) is 0. The molecule has 1 aromatic heterocycles. The van der Waals surface area contributed by atoms with Crippen LogP contribution >= 0.6 is 0 Å². The van der Waals surface area contributed by atoms with E-state index in [4.69, 9.17) is 4.74 Å². The van der Waals surface area contributed by atoms with Crippen LogP contribution in [0.2, 0.25) is 0 Å². The van der Waals surface area contributed by atoms with Crippen LogP contribution in [0.3, 0.4) is 0 Å². The molecule has 0 bridgehead atoms. The van der Waals surface area contributed by atoms with Crippen LogP contribution in [0.5, 0.6) is 5.75 Å². The number of hydrogen-bond acceptors (Lipinski definition) is 5. The van der Waals surface area contributed by atoms with Crippen molar-refractivity contribution in [3.63, 3.8) is 0 Å². The lowest BCUT2D eigenvalue weighted by atomic mass is 10.3. The van der Waals surface area contributed by atoms with Gasteiger partial charge in [0.1, 0.15) is 12.4 Å². The van der Waals surface area contributed by atoms with Crippen molar-refractivity contribution in [2.45, 2.75) is 11.4 Å². The Morgan fingerprint density at radius 1 is 1.28 bits per heavy atom. The maximum atomic E-state index is 11.3. The molecule has 0 atom stereocenters. The SMILES string of the molecule is CS(=O)(=O)c1ccc(OCCn2ccnn2)cc1. The molecule has 0 spiro atoms. The summed E-state index contributed by atoms with van der Waals surface area (Å²) >= 11 is 0. The summed E-state index contributed by atoms with van der Waals surface area (Å²) in [7, 11) is -3.15. The zero-order valence-corrected chi connectivity index (χ0v) is 10.7. The molecule has 0 radical (unpaired) electrons. The van der Waals surface area contributed by atoms with Crippen molar-refractivity contribution in [1.29, 1.82) is 0 Å². The van der Waals surface area contributed by atoms with Crippen LogP contribution in [0.4, 0.5) is 0 Å². The van der Waals surface area contributed by atoms with E-state index in [9.17, 15) is 8.42 Å². The van der Waals surface area contributed by atoms with Crippen LogP contribution < -0.4 is 4.74 Å². The normalized spacial score (nSPS) is 11.4. The van der Waals surface area contributed by atoms with Gasteiger partial charge in [-0.15, -0.1) is 5.10 Å². The van der Waals surface area contributed by atoms with Gasteiger partial charge in [-0.1, -0.05) is 5.21 Å². The summed E-state index contributed by atoms with van der Waals surface area (Å²) in [5.74, 6) is 0.627. The van der Waals surface area contributed by atoms with Crippen molar-refractivity contribution in [3.8, 4) is 5.75 Å². The van der Waals surface area contributed by atoms with Crippen LogP contribution in [0, 0.1) is 0 Å². The molecule has 6 nitrogen and oxygen atoms in total. The first-order chi connectivity index (χ1) is 8.55. The highest BCUT2D eigenvalue weighted by Gasteiger charge is 2.06. The van der Waals surface area contributed by atoms with E-state index >= 15 is 0 Å². The van der Waals surface area contributed by atoms with E-state index in [1.165, 1.54) is 18.4 Å². The Morgan fingerprint density at radius 3 is 2.56 bits per heavy atom. The Kier molecular flexibility index (Phi) is 3.61. The fourth-order valence-electron chi connectivity index (χ4n) is 1.39. The standard InChI is InChI=1S/C11H13N3O3S/c1-18(15,16)11-4-2-10(3-5-11)17-9-8-14-7-6-12-13-14/h2-7H,8-9H2,1H3. The van der Waals surface area contributed by atoms with E-state index in [-0.39, 0.29) is 4.90 Å². The number of rotatable bonds is 5. The minimum Gasteiger partial charge on any atom is -0.492 e. The van der Waals surface area contributed by atoms with Gasteiger partial charge in [0.05, 0.1) is 17.6 Å². The first-order valence-corrected chi connectivity index (χ1v) is 7.22. The van der Waals surface area contributed by atoms with Crippen LogP contribution in [0.1, 0.15) is 0 Å². The molecular formula is C11H13N3O3S. The zero-order valence-electron chi connectivity index (χ0n) is 9.85. The van der Waals surface area contributed by atoms with Gasteiger partial charge >= 0.3 is 0 Å². The number of sulfone groups is 1. The summed E-state index contributed by atoms with van der Waals surface area (Å²) in [5, 5.41) is 7.48. The van der Waals surface area contributed by atoms with Crippen molar-refractivity contribution < 1.29 is 13.2 Å². The van der Waals surface area contributed by atoms with Crippen molar-refractivity contribution in [2.75, 3.05) is 12.9 Å². The Bertz CT molecular complexity index is 591. The monoisotopic (exact) mass is 267 g/mol. The third-order valence-electron chi connectivity index (χ3n) is 2.31. The van der Waals surface area contributed by atoms with Crippen molar-refractivity contribution in [1.82, 2.24) is 15.0 Å². The predicted octanol–water partition coefficient (Wildman–Crippen LogP) is 0.761. The largest absolute Gasteiger partial charge is 0.492 e. The average Bonchev–Trinajstić information content (AvgIpc) is 2.82. The number of aromatic nitrogens is 3. The minimum absolute atomic E-state index is 0.283. The van der Waals surface area contributed by atoms with Crippen molar-refractivity contribution >= 4 is 9.84 Å². The van der Waals surface area contributed by atoms with Gasteiger partial charge in [0.25, 0.3) is 0 Å². The molecule has 0 amide bonds. The highest BCUT2D eigenvalue weighted by Crippen LogP contribution is 2.15. The van der Waals surface area contributed by atoms with Gasteiger partial charge in [-0.05, 0) is 24.3 Å². The van der Waals surface area contributed by atoms with E-state index in [0.29, 0.717) is 18.9 Å². The molecule has 0 saturated carbocycles. The molecule has 2 rings (SSSR count). The minimum atomic E-state index is -3.15. The number of hydrogen-bond donors (Lipinski definition) is 0. The maximum absolute atomic E-state index is 11.3. The molecule has 0 aliphatic rings. The van der Waals surface area contributed by atoms with Gasteiger partial charge in [-0.25, -0.2) is 13.1 Å². The Balaban J connectivity index is 1.91. The Labute approximate surface area is 105 Å². The van der Waals surface area contributed by atoms with Crippen LogP contribution in [-0.4, -0.2) is 36.3 Å². The second kappa shape index (κ2) is 5.18. The molecule has 96 valence electrons. The van der Waals surface area contributed by atoms with Crippen molar-refractivity contribution in [3.05, 3.63) is 36.7 Å². The lowest BCUT2D eigenvalue weighted by Crippen LogP contribution is -2.08. The third-order valence-corrected chi connectivity index (χ3v) is 3.44. The second-order valence-corrected chi connectivity index (χ2v) is 5.77. The molecule has 0 unspecified atom stereocenters. The van der Waals surface area contributed by atoms with Crippen LogP contribution in [0.25, 0.3) is 0 Å². The molecular weight excluding hydrogens is 254 g/mol. The molecule has 0 fully saturated rings.